The highest BCUT2D eigenvalue weighted by atomic mass is 35.5. The molecule has 0 amide bonds. The lowest BCUT2D eigenvalue weighted by Gasteiger charge is -2.11. The largest absolute Gasteiger partial charge is 0.487 e. The summed E-state index contributed by atoms with van der Waals surface area (Å²) in [6.45, 7) is 2.56. The molecule has 0 bridgehead atoms. The minimum Gasteiger partial charge on any atom is -0.487 e. The van der Waals surface area contributed by atoms with Gasteiger partial charge in [-0.1, -0.05) is 23.7 Å². The number of halogens is 2. The van der Waals surface area contributed by atoms with Gasteiger partial charge in [-0.15, -0.1) is 0 Å². The molecule has 2 aromatic carbocycles. The first-order chi connectivity index (χ1) is 9.10. The van der Waals surface area contributed by atoms with Crippen molar-refractivity contribution in [1.29, 1.82) is 0 Å². The van der Waals surface area contributed by atoms with Gasteiger partial charge in [0.05, 0.1) is 5.02 Å². The molecule has 19 heavy (non-hydrogen) atoms. The maximum absolute atomic E-state index is 13.1. The monoisotopic (exact) mass is 279 g/mol. The third-order valence-electron chi connectivity index (χ3n) is 2.86. The van der Waals surface area contributed by atoms with Gasteiger partial charge in [-0.2, -0.15) is 0 Å². The Labute approximate surface area is 117 Å². The molecule has 4 heteroatoms. The molecule has 0 fully saturated rings. The van der Waals surface area contributed by atoms with Crippen LogP contribution in [0.3, 0.4) is 0 Å². The Morgan fingerprint density at radius 3 is 2.68 bits per heavy atom. The molecule has 2 aromatic rings. The summed E-state index contributed by atoms with van der Waals surface area (Å²) in [7, 11) is 0. The molecule has 2 nitrogen and oxygen atoms in total. The Balaban J connectivity index is 2.16. The highest BCUT2D eigenvalue weighted by Crippen LogP contribution is 2.26. The predicted molar refractivity (Wildman–Crippen MR) is 74.8 cm³/mol. The van der Waals surface area contributed by atoms with Crippen molar-refractivity contribution in [2.75, 3.05) is 0 Å². The van der Waals surface area contributed by atoms with Crippen LogP contribution in [0.1, 0.15) is 16.7 Å². The fourth-order valence-corrected chi connectivity index (χ4v) is 1.97. The van der Waals surface area contributed by atoms with Gasteiger partial charge >= 0.3 is 0 Å². The Morgan fingerprint density at radius 2 is 1.95 bits per heavy atom. The predicted octanol–water partition coefficient (Wildman–Crippen LogP) is 3.83. The van der Waals surface area contributed by atoms with Crippen molar-refractivity contribution in [1.82, 2.24) is 0 Å². The average molecular weight is 280 g/mol. The van der Waals surface area contributed by atoms with Crippen LogP contribution >= 0.6 is 11.6 Å². The van der Waals surface area contributed by atoms with Crippen molar-refractivity contribution >= 4 is 11.6 Å². The standard InChI is InChI=1S/C15H15ClFNO/c1-10-2-5-14(16)15(6-10)19-9-11-3-4-13(17)7-12(11)8-18/h2-7H,8-9,18H2,1H3. The Kier molecular flexibility index (Phi) is 4.40. The van der Waals surface area contributed by atoms with Crippen LogP contribution in [0.25, 0.3) is 0 Å². The zero-order valence-corrected chi connectivity index (χ0v) is 11.4. The first-order valence-electron chi connectivity index (χ1n) is 5.96. The van der Waals surface area contributed by atoms with Gasteiger partial charge in [0.2, 0.25) is 0 Å². The van der Waals surface area contributed by atoms with Crippen molar-refractivity contribution in [2.45, 2.75) is 20.1 Å². The van der Waals surface area contributed by atoms with Gasteiger partial charge in [0.15, 0.2) is 0 Å². The Morgan fingerprint density at radius 1 is 1.16 bits per heavy atom. The summed E-state index contributed by atoms with van der Waals surface area (Å²) < 4.78 is 18.8. The number of aryl methyl sites for hydroxylation is 1. The number of hydrogen-bond donors (Lipinski definition) is 1. The molecule has 0 aromatic heterocycles. The summed E-state index contributed by atoms with van der Waals surface area (Å²) in [6.07, 6.45) is 0. The molecule has 0 atom stereocenters. The quantitative estimate of drug-likeness (QED) is 0.923. The molecule has 0 heterocycles. The number of nitrogens with two attached hydrogens (primary N) is 1. The summed E-state index contributed by atoms with van der Waals surface area (Å²) in [5.74, 6) is 0.326. The van der Waals surface area contributed by atoms with E-state index < -0.39 is 0 Å². The lowest BCUT2D eigenvalue weighted by molar-refractivity contribution is 0.305. The van der Waals surface area contributed by atoms with E-state index in [9.17, 15) is 4.39 Å². The number of hydrogen-bond acceptors (Lipinski definition) is 2. The first kappa shape index (κ1) is 13.8. The van der Waals surface area contributed by atoms with Crippen LogP contribution in [-0.2, 0) is 13.2 Å². The van der Waals surface area contributed by atoms with Gasteiger partial charge < -0.3 is 10.5 Å². The van der Waals surface area contributed by atoms with Gasteiger partial charge in [0, 0.05) is 6.54 Å². The van der Waals surface area contributed by atoms with E-state index >= 15 is 0 Å². The minimum atomic E-state index is -0.294. The number of ether oxygens (including phenoxy) is 1. The van der Waals surface area contributed by atoms with E-state index in [1.54, 1.807) is 12.1 Å². The summed E-state index contributed by atoms with van der Waals surface area (Å²) >= 11 is 6.05. The zero-order chi connectivity index (χ0) is 13.8. The molecular formula is C15H15ClFNO. The van der Waals surface area contributed by atoms with Gasteiger partial charge in [0.1, 0.15) is 18.2 Å². The molecule has 0 spiro atoms. The van der Waals surface area contributed by atoms with Gasteiger partial charge in [0.25, 0.3) is 0 Å². The lowest BCUT2D eigenvalue weighted by atomic mass is 10.1. The van der Waals surface area contributed by atoms with E-state index in [4.69, 9.17) is 22.1 Å². The lowest BCUT2D eigenvalue weighted by Crippen LogP contribution is -2.05. The van der Waals surface area contributed by atoms with Crippen LogP contribution in [0.2, 0.25) is 5.02 Å². The normalized spacial score (nSPS) is 10.5. The fourth-order valence-electron chi connectivity index (χ4n) is 1.80. The summed E-state index contributed by atoms with van der Waals surface area (Å²) in [4.78, 5) is 0. The molecule has 0 aliphatic carbocycles. The van der Waals surface area contributed by atoms with E-state index in [1.807, 2.05) is 19.1 Å². The second-order valence-electron chi connectivity index (χ2n) is 4.34. The molecule has 2 N–H and O–H groups in total. The number of rotatable bonds is 4. The molecule has 0 aliphatic heterocycles. The van der Waals surface area contributed by atoms with Gasteiger partial charge in [-0.3, -0.25) is 0 Å². The fraction of sp³-hybridized carbons (Fsp3) is 0.200. The van der Waals surface area contributed by atoms with Crippen molar-refractivity contribution < 1.29 is 9.13 Å². The maximum atomic E-state index is 13.1. The third kappa shape index (κ3) is 3.46. The Bertz CT molecular complexity index is 586. The summed E-state index contributed by atoms with van der Waals surface area (Å²) in [5.41, 5.74) is 8.26. The summed E-state index contributed by atoms with van der Waals surface area (Å²) in [5, 5.41) is 0.557. The molecule has 0 saturated heterocycles. The van der Waals surface area contributed by atoms with E-state index in [0.717, 1.165) is 16.7 Å². The topological polar surface area (TPSA) is 35.2 Å². The smallest absolute Gasteiger partial charge is 0.138 e. The Hall–Kier alpha value is -1.58. The van der Waals surface area contributed by atoms with Gasteiger partial charge in [-0.25, -0.2) is 4.39 Å². The minimum absolute atomic E-state index is 0.276. The second-order valence-corrected chi connectivity index (χ2v) is 4.75. The SMILES string of the molecule is Cc1ccc(Cl)c(OCc2ccc(F)cc2CN)c1. The van der Waals surface area contributed by atoms with Crippen LogP contribution in [0.5, 0.6) is 5.75 Å². The molecule has 2 rings (SSSR count). The van der Waals surface area contributed by atoms with Crippen molar-refractivity contribution in [3.63, 3.8) is 0 Å². The second kappa shape index (κ2) is 6.04. The van der Waals surface area contributed by atoms with E-state index in [2.05, 4.69) is 0 Å². The number of benzene rings is 2. The molecule has 100 valence electrons. The first-order valence-corrected chi connectivity index (χ1v) is 6.34. The molecular weight excluding hydrogens is 265 g/mol. The average Bonchev–Trinajstić information content (AvgIpc) is 2.40. The van der Waals surface area contributed by atoms with Crippen LogP contribution in [0.15, 0.2) is 36.4 Å². The van der Waals surface area contributed by atoms with E-state index in [0.29, 0.717) is 17.4 Å². The van der Waals surface area contributed by atoms with E-state index in [1.165, 1.54) is 12.1 Å². The molecule has 0 saturated carbocycles. The highest BCUT2D eigenvalue weighted by Gasteiger charge is 2.06. The zero-order valence-electron chi connectivity index (χ0n) is 10.6. The third-order valence-corrected chi connectivity index (χ3v) is 3.17. The van der Waals surface area contributed by atoms with Gasteiger partial charge in [-0.05, 0) is 47.9 Å². The van der Waals surface area contributed by atoms with Crippen LogP contribution in [-0.4, -0.2) is 0 Å². The van der Waals surface area contributed by atoms with Crippen molar-refractivity contribution in [3.05, 3.63) is 63.9 Å². The highest BCUT2D eigenvalue weighted by molar-refractivity contribution is 6.32. The molecule has 0 aliphatic rings. The van der Waals surface area contributed by atoms with Crippen molar-refractivity contribution in [3.8, 4) is 5.75 Å². The van der Waals surface area contributed by atoms with E-state index in [-0.39, 0.29) is 12.4 Å². The maximum Gasteiger partial charge on any atom is 0.138 e. The molecule has 0 radical (unpaired) electrons. The molecule has 0 unspecified atom stereocenters. The van der Waals surface area contributed by atoms with Crippen molar-refractivity contribution in [2.24, 2.45) is 5.73 Å². The summed E-state index contributed by atoms with van der Waals surface area (Å²) in [6, 6.07) is 10.1. The van der Waals surface area contributed by atoms with Crippen LogP contribution in [0.4, 0.5) is 4.39 Å². The van der Waals surface area contributed by atoms with Crippen LogP contribution in [0, 0.1) is 12.7 Å². The van der Waals surface area contributed by atoms with Crippen LogP contribution < -0.4 is 10.5 Å².